The molecule has 0 amide bonds. The number of carboxylic acids is 1. The van der Waals surface area contributed by atoms with Crippen molar-refractivity contribution in [2.45, 2.75) is 26.3 Å². The van der Waals surface area contributed by atoms with Crippen LogP contribution in [0.15, 0.2) is 24.3 Å². The lowest BCUT2D eigenvalue weighted by atomic mass is 10.0. The highest BCUT2D eigenvalue weighted by Crippen LogP contribution is 2.24. The number of carboxylic acid groups (broad SMARTS) is 1. The third-order valence-electron chi connectivity index (χ3n) is 3.93. The Morgan fingerprint density at radius 1 is 1.47 bits per heavy atom. The smallest absolute Gasteiger partial charge is 0.308 e. The number of nitrogens with zero attached hydrogens (tertiary/aromatic N) is 1. The quantitative estimate of drug-likeness (QED) is 0.884. The molecule has 0 bridgehead atoms. The molecule has 1 heterocycles. The zero-order chi connectivity index (χ0) is 13.8. The number of rotatable bonds is 5. The molecule has 4 heteroatoms. The largest absolute Gasteiger partial charge is 0.492 e. The minimum Gasteiger partial charge on any atom is -0.492 e. The third-order valence-corrected chi connectivity index (χ3v) is 3.93. The number of aliphatic carboxylic acids is 1. The van der Waals surface area contributed by atoms with Crippen molar-refractivity contribution < 1.29 is 14.6 Å². The molecule has 0 radical (unpaired) electrons. The normalized spacial score (nSPS) is 23.5. The molecule has 1 fully saturated rings. The Morgan fingerprint density at radius 3 is 2.84 bits per heavy atom. The number of para-hydroxylation sites is 1. The van der Waals surface area contributed by atoms with E-state index in [4.69, 9.17) is 9.84 Å². The van der Waals surface area contributed by atoms with E-state index in [0.29, 0.717) is 6.61 Å². The summed E-state index contributed by atoms with van der Waals surface area (Å²) in [5.41, 5.74) is 1.13. The summed E-state index contributed by atoms with van der Waals surface area (Å²) in [5, 5.41) is 9.08. The fraction of sp³-hybridized carbons (Fsp3) is 0.533. The number of ether oxygens (including phenoxy) is 1. The number of aryl methyl sites for hydroxylation is 1. The van der Waals surface area contributed by atoms with Gasteiger partial charge in [-0.1, -0.05) is 18.2 Å². The first-order chi connectivity index (χ1) is 9.09. The standard InChI is InChI=1S/C15H21NO3/c1-11-5-3-4-6-14(11)19-10-9-16-8-7-13(12(16)2)15(17)18/h3-6,12-13H,7-10H2,1-2H3,(H,17,18). The van der Waals surface area contributed by atoms with E-state index in [1.807, 2.05) is 38.1 Å². The average molecular weight is 263 g/mol. The molecular weight excluding hydrogens is 242 g/mol. The van der Waals surface area contributed by atoms with Gasteiger partial charge in [0, 0.05) is 12.6 Å². The molecule has 104 valence electrons. The number of benzene rings is 1. The summed E-state index contributed by atoms with van der Waals surface area (Å²) in [4.78, 5) is 13.2. The fourth-order valence-corrected chi connectivity index (χ4v) is 2.64. The highest BCUT2D eigenvalue weighted by Gasteiger charge is 2.35. The third kappa shape index (κ3) is 3.26. The predicted molar refractivity (Wildman–Crippen MR) is 73.5 cm³/mol. The lowest BCUT2D eigenvalue weighted by Gasteiger charge is -2.23. The van der Waals surface area contributed by atoms with E-state index in [9.17, 15) is 4.79 Å². The van der Waals surface area contributed by atoms with Gasteiger partial charge in [-0.25, -0.2) is 0 Å². The highest BCUT2D eigenvalue weighted by molar-refractivity contribution is 5.71. The summed E-state index contributed by atoms with van der Waals surface area (Å²) in [5.74, 6) is -0.0163. The maximum atomic E-state index is 11.0. The minimum absolute atomic E-state index is 0.0953. The van der Waals surface area contributed by atoms with Gasteiger partial charge in [0.25, 0.3) is 0 Å². The molecule has 2 atom stereocenters. The molecule has 19 heavy (non-hydrogen) atoms. The van der Waals surface area contributed by atoms with Crippen LogP contribution in [0.1, 0.15) is 18.9 Å². The SMILES string of the molecule is Cc1ccccc1OCCN1CCC(C(=O)O)C1C. The van der Waals surface area contributed by atoms with Crippen LogP contribution >= 0.6 is 0 Å². The summed E-state index contributed by atoms with van der Waals surface area (Å²) in [6.45, 7) is 6.23. The molecule has 1 N–H and O–H groups in total. The van der Waals surface area contributed by atoms with Crippen LogP contribution in [0.3, 0.4) is 0 Å². The zero-order valence-corrected chi connectivity index (χ0v) is 11.5. The summed E-state index contributed by atoms with van der Waals surface area (Å²) in [7, 11) is 0. The first kappa shape index (κ1) is 13.9. The van der Waals surface area contributed by atoms with Gasteiger partial charge in [-0.15, -0.1) is 0 Å². The molecule has 2 unspecified atom stereocenters. The highest BCUT2D eigenvalue weighted by atomic mass is 16.5. The average Bonchev–Trinajstić information content (AvgIpc) is 2.74. The van der Waals surface area contributed by atoms with Crippen molar-refractivity contribution in [3.05, 3.63) is 29.8 Å². The van der Waals surface area contributed by atoms with E-state index < -0.39 is 5.97 Å². The molecule has 0 saturated carbocycles. The second kappa shape index (κ2) is 6.06. The van der Waals surface area contributed by atoms with E-state index >= 15 is 0 Å². The molecule has 1 saturated heterocycles. The van der Waals surface area contributed by atoms with Crippen LogP contribution < -0.4 is 4.74 Å². The number of carbonyl (C=O) groups is 1. The Labute approximate surface area is 114 Å². The van der Waals surface area contributed by atoms with Gasteiger partial charge < -0.3 is 9.84 Å². The van der Waals surface area contributed by atoms with Crippen LogP contribution in [0.2, 0.25) is 0 Å². The van der Waals surface area contributed by atoms with Gasteiger partial charge in [0.1, 0.15) is 12.4 Å². The van der Waals surface area contributed by atoms with Gasteiger partial charge >= 0.3 is 5.97 Å². The van der Waals surface area contributed by atoms with Gasteiger partial charge in [0.2, 0.25) is 0 Å². The monoisotopic (exact) mass is 263 g/mol. The molecular formula is C15H21NO3. The molecule has 1 aromatic rings. The zero-order valence-electron chi connectivity index (χ0n) is 11.5. The number of likely N-dealkylation sites (tertiary alicyclic amines) is 1. The van der Waals surface area contributed by atoms with E-state index in [1.54, 1.807) is 0 Å². The van der Waals surface area contributed by atoms with E-state index in [2.05, 4.69) is 4.90 Å². The maximum absolute atomic E-state index is 11.0. The van der Waals surface area contributed by atoms with Gasteiger partial charge in [-0.3, -0.25) is 9.69 Å². The van der Waals surface area contributed by atoms with E-state index in [0.717, 1.165) is 30.8 Å². The van der Waals surface area contributed by atoms with E-state index in [1.165, 1.54) is 0 Å². The van der Waals surface area contributed by atoms with Crippen molar-refractivity contribution >= 4 is 5.97 Å². The van der Waals surface area contributed by atoms with Crippen molar-refractivity contribution in [1.82, 2.24) is 4.90 Å². The summed E-state index contributed by atoms with van der Waals surface area (Å²) in [6, 6.07) is 8.03. The first-order valence-corrected chi connectivity index (χ1v) is 6.75. The second-order valence-electron chi connectivity index (χ2n) is 5.12. The second-order valence-corrected chi connectivity index (χ2v) is 5.12. The lowest BCUT2D eigenvalue weighted by molar-refractivity contribution is -0.142. The van der Waals surface area contributed by atoms with Crippen molar-refractivity contribution in [3.8, 4) is 5.75 Å². The Balaban J connectivity index is 1.81. The Hall–Kier alpha value is -1.55. The molecule has 1 aliphatic heterocycles. The molecule has 1 aromatic carbocycles. The predicted octanol–water partition coefficient (Wildman–Crippen LogP) is 2.17. The van der Waals surface area contributed by atoms with Crippen molar-refractivity contribution in [1.29, 1.82) is 0 Å². The van der Waals surface area contributed by atoms with Crippen molar-refractivity contribution in [2.75, 3.05) is 19.7 Å². The lowest BCUT2D eigenvalue weighted by Crippen LogP contribution is -2.35. The first-order valence-electron chi connectivity index (χ1n) is 6.75. The Kier molecular flexibility index (Phi) is 4.43. The molecule has 0 aromatic heterocycles. The van der Waals surface area contributed by atoms with Crippen LogP contribution in [-0.4, -0.2) is 41.7 Å². The van der Waals surface area contributed by atoms with Crippen LogP contribution in [0, 0.1) is 12.8 Å². The van der Waals surface area contributed by atoms with Gasteiger partial charge in [-0.05, 0) is 38.4 Å². The van der Waals surface area contributed by atoms with Gasteiger partial charge in [-0.2, -0.15) is 0 Å². The molecule has 0 aliphatic carbocycles. The molecule has 1 aliphatic rings. The van der Waals surface area contributed by atoms with Crippen molar-refractivity contribution in [3.63, 3.8) is 0 Å². The van der Waals surface area contributed by atoms with Crippen molar-refractivity contribution in [2.24, 2.45) is 5.92 Å². The number of hydrogen-bond acceptors (Lipinski definition) is 3. The van der Waals surface area contributed by atoms with Gasteiger partial charge in [0.05, 0.1) is 5.92 Å². The maximum Gasteiger partial charge on any atom is 0.308 e. The Morgan fingerprint density at radius 2 is 2.21 bits per heavy atom. The number of hydrogen-bond donors (Lipinski definition) is 1. The van der Waals surface area contributed by atoms with Crippen LogP contribution in [0.4, 0.5) is 0 Å². The summed E-state index contributed by atoms with van der Waals surface area (Å²) >= 11 is 0. The molecule has 0 spiro atoms. The topological polar surface area (TPSA) is 49.8 Å². The fourth-order valence-electron chi connectivity index (χ4n) is 2.64. The van der Waals surface area contributed by atoms with Crippen LogP contribution in [0.5, 0.6) is 5.75 Å². The van der Waals surface area contributed by atoms with Crippen LogP contribution in [0.25, 0.3) is 0 Å². The minimum atomic E-state index is -0.685. The Bertz CT molecular complexity index is 447. The summed E-state index contributed by atoms with van der Waals surface area (Å²) < 4.78 is 5.75. The van der Waals surface area contributed by atoms with Crippen LogP contribution in [-0.2, 0) is 4.79 Å². The summed E-state index contributed by atoms with van der Waals surface area (Å²) in [6.07, 6.45) is 0.737. The molecule has 4 nitrogen and oxygen atoms in total. The van der Waals surface area contributed by atoms with Gasteiger partial charge in [0.15, 0.2) is 0 Å². The van der Waals surface area contributed by atoms with E-state index in [-0.39, 0.29) is 12.0 Å². The molecule has 2 rings (SSSR count).